The summed E-state index contributed by atoms with van der Waals surface area (Å²) in [6.45, 7) is 1.99. The summed E-state index contributed by atoms with van der Waals surface area (Å²) in [6, 6.07) is 51.3. The van der Waals surface area contributed by atoms with Gasteiger partial charge in [0.15, 0.2) is 0 Å². The number of ether oxygens (including phenoxy) is 5. The molecule has 1 aromatic heterocycles. The van der Waals surface area contributed by atoms with Gasteiger partial charge in [0, 0.05) is 11.2 Å². The smallest absolute Gasteiger partial charge is 0.127 e. The van der Waals surface area contributed by atoms with Crippen LogP contribution in [0.1, 0.15) is 34.1 Å². The van der Waals surface area contributed by atoms with Gasteiger partial charge in [0.1, 0.15) is 30.5 Å². The predicted octanol–water partition coefficient (Wildman–Crippen LogP) is 8.58. The molecule has 0 amide bonds. The summed E-state index contributed by atoms with van der Waals surface area (Å²) in [5, 5.41) is 1.11. The van der Waals surface area contributed by atoms with Crippen LogP contribution in [0.3, 0.4) is 0 Å². The number of hydrogen-bond donors (Lipinski definition) is 1. The number of nitrogens with one attached hydrogen (secondary N) is 1. The minimum absolute atomic E-state index is 0.321. The summed E-state index contributed by atoms with van der Waals surface area (Å²) in [7, 11) is 0. The summed E-state index contributed by atoms with van der Waals surface area (Å²) in [4.78, 5) is 3.62. The van der Waals surface area contributed by atoms with Crippen LogP contribution in [-0.2, 0) is 50.1 Å². The van der Waals surface area contributed by atoms with E-state index in [0.717, 1.165) is 38.9 Å². The number of aromatic nitrogens is 1. The first-order valence-corrected chi connectivity index (χ1v) is 16.6. The molecule has 1 aliphatic heterocycles. The fourth-order valence-electron chi connectivity index (χ4n) is 6.29. The highest BCUT2D eigenvalue weighted by molar-refractivity contribution is 5.80. The Labute approximate surface area is 282 Å². The number of hydrogen-bond acceptors (Lipinski definition) is 5. The van der Waals surface area contributed by atoms with Crippen molar-refractivity contribution in [2.24, 2.45) is 0 Å². The molecule has 1 fully saturated rings. The number of fused-ring (bicyclic) bond motifs is 1. The molecular weight excluding hydrogens is 598 g/mol. The lowest BCUT2D eigenvalue weighted by Crippen LogP contribution is -2.58. The van der Waals surface area contributed by atoms with Gasteiger partial charge in [-0.2, -0.15) is 0 Å². The van der Waals surface area contributed by atoms with Crippen LogP contribution < -0.4 is 0 Å². The number of para-hydroxylation sites is 1. The fraction of sp³-hybridized carbons (Fsp3) is 0.238. The van der Waals surface area contributed by atoms with Gasteiger partial charge in [-0.25, -0.2) is 0 Å². The molecule has 0 radical (unpaired) electrons. The van der Waals surface area contributed by atoms with E-state index in [-0.39, 0.29) is 0 Å². The standard InChI is InChI=1S/C42H41NO5/c1-5-15-31(16-6-1)26-44-30-38-40(45-27-32-17-7-2-8-18-32)42(47-29-34-21-11-4-12-22-34)41(46-28-33-19-9-3-10-20-33)39(48-38)37-25-35-23-13-14-24-36(35)43-37/h1-25,38-43H,26-30H2/t38-,39+,40+,41+,42+/m1/s1. The molecule has 1 saturated heterocycles. The maximum Gasteiger partial charge on any atom is 0.127 e. The lowest BCUT2D eigenvalue weighted by atomic mass is 9.92. The van der Waals surface area contributed by atoms with Crippen molar-refractivity contribution in [3.05, 3.63) is 180 Å². The van der Waals surface area contributed by atoms with E-state index in [1.165, 1.54) is 0 Å². The lowest BCUT2D eigenvalue weighted by molar-refractivity contribution is -0.275. The van der Waals surface area contributed by atoms with Gasteiger partial charge in [0.25, 0.3) is 0 Å². The van der Waals surface area contributed by atoms with Gasteiger partial charge >= 0.3 is 0 Å². The SMILES string of the molecule is c1ccc(COC[C@H]2O[C@@H](c3cc4ccccc4[nH]3)[C@H](OCc3ccccc3)[C@@H](OCc3ccccc3)[C@H]2OCc2ccccc2)cc1. The van der Waals surface area contributed by atoms with Crippen LogP contribution in [0.2, 0.25) is 0 Å². The van der Waals surface area contributed by atoms with E-state index in [0.29, 0.717) is 33.0 Å². The van der Waals surface area contributed by atoms with Crippen LogP contribution in [0.15, 0.2) is 152 Å². The van der Waals surface area contributed by atoms with Gasteiger partial charge in [-0.3, -0.25) is 0 Å². The van der Waals surface area contributed by atoms with Gasteiger partial charge in [-0.15, -0.1) is 0 Å². The Hall–Kier alpha value is -4.56. The first-order valence-electron chi connectivity index (χ1n) is 16.6. The third kappa shape index (κ3) is 8.11. The molecule has 6 nitrogen and oxygen atoms in total. The number of H-pyrrole nitrogens is 1. The van der Waals surface area contributed by atoms with Crippen LogP contribution in [0.25, 0.3) is 10.9 Å². The summed E-state index contributed by atoms with van der Waals surface area (Å²) in [5.74, 6) is 0. The third-order valence-corrected chi connectivity index (χ3v) is 8.74. The molecule has 5 aromatic carbocycles. The Morgan fingerprint density at radius 1 is 0.479 bits per heavy atom. The first kappa shape index (κ1) is 32.0. The van der Waals surface area contributed by atoms with Crippen molar-refractivity contribution in [3.8, 4) is 0 Å². The van der Waals surface area contributed by atoms with E-state index < -0.39 is 30.5 Å². The Kier molecular flexibility index (Phi) is 10.7. The predicted molar refractivity (Wildman–Crippen MR) is 187 cm³/mol. The Bertz CT molecular complexity index is 1780. The fourth-order valence-corrected chi connectivity index (χ4v) is 6.29. The van der Waals surface area contributed by atoms with E-state index in [9.17, 15) is 0 Å². The summed E-state index contributed by atoms with van der Waals surface area (Å²) < 4.78 is 33.9. The second-order valence-electron chi connectivity index (χ2n) is 12.2. The van der Waals surface area contributed by atoms with Crippen molar-refractivity contribution in [1.82, 2.24) is 4.98 Å². The van der Waals surface area contributed by atoms with Gasteiger partial charge in [0.05, 0.1) is 33.0 Å². The highest BCUT2D eigenvalue weighted by Crippen LogP contribution is 2.39. The van der Waals surface area contributed by atoms with Crippen molar-refractivity contribution in [3.63, 3.8) is 0 Å². The van der Waals surface area contributed by atoms with E-state index >= 15 is 0 Å². The summed E-state index contributed by atoms with van der Waals surface area (Å²) in [6.07, 6.45) is -2.36. The number of rotatable bonds is 14. The maximum atomic E-state index is 7.04. The van der Waals surface area contributed by atoms with Crippen LogP contribution in [-0.4, -0.2) is 36.0 Å². The van der Waals surface area contributed by atoms with Crippen molar-refractivity contribution in [1.29, 1.82) is 0 Å². The lowest BCUT2D eigenvalue weighted by Gasteiger charge is -2.46. The molecule has 0 bridgehead atoms. The molecule has 6 aromatic rings. The van der Waals surface area contributed by atoms with Gasteiger partial charge in [0.2, 0.25) is 0 Å². The Morgan fingerprint density at radius 2 is 0.938 bits per heavy atom. The molecule has 2 heterocycles. The molecule has 0 spiro atoms. The average Bonchev–Trinajstić information content (AvgIpc) is 3.59. The highest BCUT2D eigenvalue weighted by Gasteiger charge is 2.49. The number of benzene rings is 5. The average molecular weight is 640 g/mol. The van der Waals surface area contributed by atoms with Crippen LogP contribution in [0, 0.1) is 0 Å². The Balaban J connectivity index is 1.24. The molecule has 48 heavy (non-hydrogen) atoms. The molecule has 6 heteroatoms. The molecule has 0 unspecified atom stereocenters. The van der Waals surface area contributed by atoms with E-state index in [1.54, 1.807) is 0 Å². The molecule has 0 aliphatic carbocycles. The minimum atomic E-state index is -0.492. The maximum absolute atomic E-state index is 7.04. The van der Waals surface area contributed by atoms with Crippen LogP contribution in [0.5, 0.6) is 0 Å². The van der Waals surface area contributed by atoms with Crippen LogP contribution in [0.4, 0.5) is 0 Å². The largest absolute Gasteiger partial charge is 0.374 e. The Morgan fingerprint density at radius 3 is 1.48 bits per heavy atom. The monoisotopic (exact) mass is 639 g/mol. The van der Waals surface area contributed by atoms with Gasteiger partial charge < -0.3 is 28.7 Å². The normalized spacial score (nSPS) is 21.0. The van der Waals surface area contributed by atoms with E-state index in [4.69, 9.17) is 23.7 Å². The quantitative estimate of drug-likeness (QED) is 0.129. The second kappa shape index (κ2) is 16.0. The second-order valence-corrected chi connectivity index (χ2v) is 12.2. The summed E-state index contributed by atoms with van der Waals surface area (Å²) >= 11 is 0. The third-order valence-electron chi connectivity index (χ3n) is 8.74. The first-order chi connectivity index (χ1) is 23.8. The van der Waals surface area contributed by atoms with E-state index in [2.05, 4.69) is 71.7 Å². The van der Waals surface area contributed by atoms with Crippen molar-refractivity contribution in [2.75, 3.05) is 6.61 Å². The zero-order valence-corrected chi connectivity index (χ0v) is 26.9. The molecular formula is C42H41NO5. The zero-order chi connectivity index (χ0) is 32.4. The van der Waals surface area contributed by atoms with Crippen LogP contribution >= 0.6 is 0 Å². The molecule has 1 N–H and O–H groups in total. The topological polar surface area (TPSA) is 61.9 Å². The van der Waals surface area contributed by atoms with Crippen molar-refractivity contribution in [2.45, 2.75) is 56.9 Å². The highest BCUT2D eigenvalue weighted by atomic mass is 16.6. The van der Waals surface area contributed by atoms with Crippen molar-refractivity contribution >= 4 is 10.9 Å². The van der Waals surface area contributed by atoms with Crippen molar-refractivity contribution < 1.29 is 23.7 Å². The molecule has 0 saturated carbocycles. The minimum Gasteiger partial charge on any atom is -0.374 e. The molecule has 5 atom stereocenters. The number of aromatic amines is 1. The summed E-state index contributed by atoms with van der Waals surface area (Å²) in [5.41, 5.74) is 6.29. The molecule has 1 aliphatic rings. The van der Waals surface area contributed by atoms with E-state index in [1.807, 2.05) is 84.9 Å². The zero-order valence-electron chi connectivity index (χ0n) is 26.9. The molecule has 244 valence electrons. The molecule has 7 rings (SSSR count). The van der Waals surface area contributed by atoms with Gasteiger partial charge in [-0.05, 0) is 39.8 Å². The van der Waals surface area contributed by atoms with Gasteiger partial charge in [-0.1, -0.05) is 140 Å².